The smallest absolute Gasteiger partial charge is 0.325 e. The highest BCUT2D eigenvalue weighted by atomic mass is 16.5. The van der Waals surface area contributed by atoms with Gasteiger partial charge < -0.3 is 14.5 Å². The van der Waals surface area contributed by atoms with Crippen LogP contribution in [0.2, 0.25) is 0 Å². The van der Waals surface area contributed by atoms with Crippen LogP contribution in [0.15, 0.2) is 0 Å². The lowest BCUT2D eigenvalue weighted by Gasteiger charge is -2.39. The van der Waals surface area contributed by atoms with Crippen LogP contribution in [0.25, 0.3) is 0 Å². The van der Waals surface area contributed by atoms with E-state index in [1.807, 2.05) is 0 Å². The van der Waals surface area contributed by atoms with E-state index in [4.69, 9.17) is 4.74 Å². The van der Waals surface area contributed by atoms with Crippen LogP contribution in [-0.2, 0) is 14.3 Å². The lowest BCUT2D eigenvalue weighted by Crippen LogP contribution is -2.55. The van der Waals surface area contributed by atoms with E-state index in [2.05, 4.69) is 5.32 Å². The molecule has 0 bridgehead atoms. The minimum absolute atomic E-state index is 0.0163. The van der Waals surface area contributed by atoms with E-state index >= 15 is 0 Å². The summed E-state index contributed by atoms with van der Waals surface area (Å²) in [5.74, 6) is -0.338. The van der Waals surface area contributed by atoms with Crippen molar-refractivity contribution in [1.29, 1.82) is 0 Å². The molecule has 21 heavy (non-hydrogen) atoms. The van der Waals surface area contributed by atoms with Crippen molar-refractivity contribution < 1.29 is 19.1 Å². The van der Waals surface area contributed by atoms with Gasteiger partial charge in [0.15, 0.2) is 0 Å². The third-order valence-electron chi connectivity index (χ3n) is 4.74. The molecule has 0 aromatic rings. The molecule has 3 aliphatic rings. The van der Waals surface area contributed by atoms with Crippen molar-refractivity contribution >= 4 is 17.8 Å². The Kier molecular flexibility index (Phi) is 3.84. The number of carbonyl (C=O) groups excluding carboxylic acids is 3. The number of morpholine rings is 1. The highest BCUT2D eigenvalue weighted by molar-refractivity contribution is 6.08. The topological polar surface area (TPSA) is 79.0 Å². The highest BCUT2D eigenvalue weighted by Gasteiger charge is 2.53. The number of hydrogen-bond donors (Lipinski definition) is 1. The summed E-state index contributed by atoms with van der Waals surface area (Å²) >= 11 is 0. The minimum Gasteiger partial charge on any atom is -0.378 e. The van der Waals surface area contributed by atoms with Gasteiger partial charge in [0.1, 0.15) is 12.1 Å². The van der Waals surface area contributed by atoms with Crippen LogP contribution in [-0.4, -0.2) is 66.0 Å². The van der Waals surface area contributed by atoms with Crippen LogP contribution in [0.1, 0.15) is 32.1 Å². The number of ether oxygens (including phenoxy) is 1. The minimum atomic E-state index is -0.794. The first kappa shape index (κ1) is 14.3. The van der Waals surface area contributed by atoms with E-state index in [1.165, 1.54) is 4.90 Å². The Balaban J connectivity index is 1.73. The van der Waals surface area contributed by atoms with E-state index in [0.29, 0.717) is 39.1 Å². The van der Waals surface area contributed by atoms with Crippen LogP contribution < -0.4 is 5.32 Å². The van der Waals surface area contributed by atoms with Gasteiger partial charge in [0.05, 0.1) is 13.2 Å². The predicted octanol–water partition coefficient (Wildman–Crippen LogP) is 0.0999. The van der Waals surface area contributed by atoms with Gasteiger partial charge in [-0.15, -0.1) is 0 Å². The SMILES string of the molecule is O=C(CN1C(=O)NC(=O)C12CCCCC2)N1CCOCC1. The number of amides is 4. The molecule has 4 amide bonds. The molecule has 116 valence electrons. The summed E-state index contributed by atoms with van der Waals surface area (Å²) in [6.45, 7) is 2.14. The standard InChI is InChI=1S/C14H21N3O4/c18-11(16-6-8-21-9-7-16)10-17-13(20)15-12(19)14(17)4-2-1-3-5-14/h1-10H2,(H,15,19,20). The lowest BCUT2D eigenvalue weighted by molar-refractivity contribution is -0.138. The second-order valence-electron chi connectivity index (χ2n) is 5.93. The molecule has 1 aliphatic carbocycles. The highest BCUT2D eigenvalue weighted by Crippen LogP contribution is 2.37. The quantitative estimate of drug-likeness (QED) is 0.733. The molecule has 0 aromatic heterocycles. The van der Waals surface area contributed by atoms with Crippen molar-refractivity contribution in [2.45, 2.75) is 37.6 Å². The summed E-state index contributed by atoms with van der Waals surface area (Å²) in [5.41, 5.74) is -0.794. The van der Waals surface area contributed by atoms with Crippen LogP contribution in [0.5, 0.6) is 0 Å². The lowest BCUT2D eigenvalue weighted by atomic mass is 9.80. The maximum absolute atomic E-state index is 12.4. The average molecular weight is 295 g/mol. The molecule has 1 spiro atoms. The summed E-state index contributed by atoms with van der Waals surface area (Å²) in [4.78, 5) is 39.8. The number of rotatable bonds is 2. The maximum atomic E-state index is 12.4. The fraction of sp³-hybridized carbons (Fsp3) is 0.786. The third kappa shape index (κ3) is 2.50. The second kappa shape index (κ2) is 5.63. The zero-order valence-electron chi connectivity index (χ0n) is 12.1. The first-order valence-electron chi connectivity index (χ1n) is 7.62. The Labute approximate surface area is 123 Å². The van der Waals surface area contributed by atoms with E-state index in [9.17, 15) is 14.4 Å². The molecule has 0 radical (unpaired) electrons. The Hall–Kier alpha value is -1.63. The van der Waals surface area contributed by atoms with E-state index in [0.717, 1.165) is 19.3 Å². The number of carbonyl (C=O) groups is 3. The molecule has 0 aromatic carbocycles. The molecule has 3 rings (SSSR count). The molecule has 2 saturated heterocycles. The van der Waals surface area contributed by atoms with Crippen molar-refractivity contribution in [3.05, 3.63) is 0 Å². The monoisotopic (exact) mass is 295 g/mol. The number of imide groups is 1. The third-order valence-corrected chi connectivity index (χ3v) is 4.74. The predicted molar refractivity (Wildman–Crippen MR) is 73.5 cm³/mol. The first-order valence-corrected chi connectivity index (χ1v) is 7.62. The Bertz CT molecular complexity index is 453. The van der Waals surface area contributed by atoms with Crippen LogP contribution in [0.3, 0.4) is 0 Å². The van der Waals surface area contributed by atoms with E-state index in [-0.39, 0.29) is 18.4 Å². The first-order chi connectivity index (χ1) is 10.1. The van der Waals surface area contributed by atoms with Crippen molar-refractivity contribution in [1.82, 2.24) is 15.1 Å². The van der Waals surface area contributed by atoms with Crippen molar-refractivity contribution in [2.24, 2.45) is 0 Å². The number of hydrogen-bond acceptors (Lipinski definition) is 4. The van der Waals surface area contributed by atoms with Gasteiger partial charge in [-0.2, -0.15) is 0 Å². The number of urea groups is 1. The normalized spacial score (nSPS) is 25.3. The van der Waals surface area contributed by atoms with Gasteiger partial charge in [0.25, 0.3) is 5.91 Å². The van der Waals surface area contributed by atoms with Gasteiger partial charge in [0, 0.05) is 13.1 Å². The summed E-state index contributed by atoms with van der Waals surface area (Å²) in [7, 11) is 0. The summed E-state index contributed by atoms with van der Waals surface area (Å²) in [6, 6.07) is -0.427. The number of nitrogens with one attached hydrogen (secondary N) is 1. The molecule has 2 heterocycles. The Morgan fingerprint density at radius 2 is 1.81 bits per heavy atom. The van der Waals surface area contributed by atoms with Gasteiger partial charge in [0.2, 0.25) is 5.91 Å². The van der Waals surface area contributed by atoms with E-state index < -0.39 is 11.6 Å². The van der Waals surface area contributed by atoms with E-state index in [1.54, 1.807) is 4.90 Å². The Morgan fingerprint density at radius 3 is 2.48 bits per heavy atom. The zero-order valence-corrected chi connectivity index (χ0v) is 12.1. The van der Waals surface area contributed by atoms with Crippen molar-refractivity contribution in [3.8, 4) is 0 Å². The molecule has 2 aliphatic heterocycles. The summed E-state index contributed by atoms with van der Waals surface area (Å²) in [5, 5.41) is 2.39. The van der Waals surface area contributed by atoms with Gasteiger partial charge in [-0.25, -0.2) is 4.79 Å². The van der Waals surface area contributed by atoms with Gasteiger partial charge in [-0.05, 0) is 12.8 Å². The van der Waals surface area contributed by atoms with Crippen LogP contribution in [0.4, 0.5) is 4.79 Å². The largest absolute Gasteiger partial charge is 0.378 e. The van der Waals surface area contributed by atoms with Crippen molar-refractivity contribution in [2.75, 3.05) is 32.8 Å². The molecule has 1 saturated carbocycles. The van der Waals surface area contributed by atoms with Crippen LogP contribution in [0, 0.1) is 0 Å². The molecular weight excluding hydrogens is 274 g/mol. The summed E-state index contributed by atoms with van der Waals surface area (Å²) < 4.78 is 5.23. The second-order valence-corrected chi connectivity index (χ2v) is 5.93. The fourth-order valence-corrected chi connectivity index (χ4v) is 3.50. The molecular formula is C14H21N3O4. The van der Waals surface area contributed by atoms with Crippen molar-refractivity contribution in [3.63, 3.8) is 0 Å². The molecule has 0 unspecified atom stereocenters. The maximum Gasteiger partial charge on any atom is 0.325 e. The molecule has 0 atom stereocenters. The summed E-state index contributed by atoms with van der Waals surface area (Å²) in [6.07, 6.45) is 4.22. The molecule has 7 heteroatoms. The number of nitrogens with zero attached hydrogens (tertiary/aromatic N) is 2. The van der Waals surface area contributed by atoms with Gasteiger partial charge in [-0.3, -0.25) is 14.9 Å². The molecule has 3 fully saturated rings. The fourth-order valence-electron chi connectivity index (χ4n) is 3.50. The molecule has 1 N–H and O–H groups in total. The average Bonchev–Trinajstić information content (AvgIpc) is 2.73. The van der Waals surface area contributed by atoms with Crippen LogP contribution >= 0.6 is 0 Å². The molecule has 7 nitrogen and oxygen atoms in total. The Morgan fingerprint density at radius 1 is 1.14 bits per heavy atom. The zero-order chi connectivity index (χ0) is 14.9. The van der Waals surface area contributed by atoms with Gasteiger partial charge >= 0.3 is 6.03 Å². The van der Waals surface area contributed by atoms with Gasteiger partial charge in [-0.1, -0.05) is 19.3 Å².